The summed E-state index contributed by atoms with van der Waals surface area (Å²) in [4.78, 5) is 11.8. The van der Waals surface area contributed by atoms with Crippen molar-refractivity contribution in [1.29, 1.82) is 5.26 Å². The minimum absolute atomic E-state index is 0.309. The standard InChI is InChI=1S/C13H14BrNO2/c1-3-9-5-10(7-14)12(8-15)11(6-9)13(16)17-4-2/h5-6H,3-4,7H2,1-2H3. The molecular formula is C13H14BrNO2. The van der Waals surface area contributed by atoms with Crippen LogP contribution in [0, 0.1) is 11.3 Å². The number of carbonyl (C=O) groups is 1. The van der Waals surface area contributed by atoms with Gasteiger partial charge in [0.15, 0.2) is 0 Å². The summed E-state index contributed by atoms with van der Waals surface area (Å²) in [7, 11) is 0. The molecule has 3 nitrogen and oxygen atoms in total. The first-order valence-corrected chi connectivity index (χ1v) is 6.59. The highest BCUT2D eigenvalue weighted by molar-refractivity contribution is 9.08. The van der Waals surface area contributed by atoms with Crippen LogP contribution in [0.5, 0.6) is 0 Å². The lowest BCUT2D eigenvalue weighted by molar-refractivity contribution is 0.0526. The van der Waals surface area contributed by atoms with Crippen LogP contribution in [0.1, 0.15) is 40.9 Å². The SMILES string of the molecule is CCOC(=O)c1cc(CC)cc(CBr)c1C#N. The summed E-state index contributed by atoms with van der Waals surface area (Å²) in [6.07, 6.45) is 0.818. The molecule has 4 heteroatoms. The van der Waals surface area contributed by atoms with E-state index in [0.717, 1.165) is 17.5 Å². The zero-order valence-corrected chi connectivity index (χ0v) is 11.5. The molecule has 0 atom stereocenters. The Morgan fingerprint density at radius 2 is 2.18 bits per heavy atom. The first kappa shape index (κ1) is 13.7. The molecule has 0 N–H and O–H groups in total. The van der Waals surface area contributed by atoms with E-state index in [1.165, 1.54) is 0 Å². The van der Waals surface area contributed by atoms with E-state index >= 15 is 0 Å². The Labute approximate surface area is 110 Å². The molecule has 0 bridgehead atoms. The fourth-order valence-electron chi connectivity index (χ4n) is 1.58. The molecule has 0 amide bonds. The number of nitriles is 1. The summed E-state index contributed by atoms with van der Waals surface area (Å²) in [5.74, 6) is -0.429. The number of halogens is 1. The molecule has 0 fully saturated rings. The molecule has 17 heavy (non-hydrogen) atoms. The van der Waals surface area contributed by atoms with E-state index in [-0.39, 0.29) is 0 Å². The van der Waals surface area contributed by atoms with Gasteiger partial charge >= 0.3 is 5.97 Å². The summed E-state index contributed by atoms with van der Waals surface area (Å²) >= 11 is 3.33. The summed E-state index contributed by atoms with van der Waals surface area (Å²) in [6.45, 7) is 4.07. The smallest absolute Gasteiger partial charge is 0.339 e. The zero-order chi connectivity index (χ0) is 12.8. The number of alkyl halides is 1. The molecule has 0 spiro atoms. The number of ether oxygens (including phenoxy) is 1. The fraction of sp³-hybridized carbons (Fsp3) is 0.385. The molecule has 0 aliphatic rings. The topological polar surface area (TPSA) is 50.1 Å². The van der Waals surface area contributed by atoms with Gasteiger partial charge in [0.05, 0.1) is 17.7 Å². The Kier molecular flexibility index (Phi) is 5.17. The minimum Gasteiger partial charge on any atom is -0.462 e. The van der Waals surface area contributed by atoms with Gasteiger partial charge in [-0.05, 0) is 30.5 Å². The normalized spacial score (nSPS) is 9.76. The number of aryl methyl sites for hydroxylation is 1. The Hall–Kier alpha value is -1.34. The number of rotatable bonds is 4. The van der Waals surface area contributed by atoms with Gasteiger partial charge in [-0.25, -0.2) is 4.79 Å². The predicted molar refractivity (Wildman–Crippen MR) is 69.1 cm³/mol. The largest absolute Gasteiger partial charge is 0.462 e. The molecular weight excluding hydrogens is 282 g/mol. The van der Waals surface area contributed by atoms with E-state index in [2.05, 4.69) is 22.0 Å². The van der Waals surface area contributed by atoms with Gasteiger partial charge in [-0.15, -0.1) is 0 Å². The number of esters is 1. The predicted octanol–water partition coefficient (Wildman–Crippen LogP) is 3.19. The maximum absolute atomic E-state index is 11.8. The molecule has 0 aromatic heterocycles. The maximum atomic E-state index is 11.8. The second-order valence-corrected chi connectivity index (χ2v) is 4.06. The first-order valence-electron chi connectivity index (χ1n) is 5.46. The summed E-state index contributed by atoms with van der Waals surface area (Å²) in [5, 5.41) is 9.68. The third-order valence-electron chi connectivity index (χ3n) is 2.44. The van der Waals surface area contributed by atoms with E-state index in [0.29, 0.717) is 23.1 Å². The van der Waals surface area contributed by atoms with Crippen LogP contribution in [-0.2, 0) is 16.5 Å². The first-order chi connectivity index (χ1) is 8.17. The highest BCUT2D eigenvalue weighted by Crippen LogP contribution is 2.21. The third kappa shape index (κ3) is 3.07. The van der Waals surface area contributed by atoms with E-state index in [1.807, 2.05) is 13.0 Å². The highest BCUT2D eigenvalue weighted by atomic mass is 79.9. The number of nitrogens with zero attached hydrogens (tertiary/aromatic N) is 1. The van der Waals surface area contributed by atoms with Crippen molar-refractivity contribution in [3.05, 3.63) is 34.4 Å². The van der Waals surface area contributed by atoms with Gasteiger partial charge in [-0.2, -0.15) is 5.26 Å². The second-order valence-electron chi connectivity index (χ2n) is 3.50. The summed E-state index contributed by atoms with van der Waals surface area (Å²) in [6, 6.07) is 5.75. The number of hydrogen-bond donors (Lipinski definition) is 0. The van der Waals surface area contributed by atoms with E-state index < -0.39 is 5.97 Å². The van der Waals surface area contributed by atoms with Crippen molar-refractivity contribution in [2.75, 3.05) is 6.61 Å². The monoisotopic (exact) mass is 295 g/mol. The van der Waals surface area contributed by atoms with Crippen molar-refractivity contribution in [3.63, 3.8) is 0 Å². The molecule has 0 radical (unpaired) electrons. The van der Waals surface area contributed by atoms with Crippen LogP contribution in [0.2, 0.25) is 0 Å². The van der Waals surface area contributed by atoms with Crippen LogP contribution < -0.4 is 0 Å². The van der Waals surface area contributed by atoms with Crippen molar-refractivity contribution < 1.29 is 9.53 Å². The van der Waals surface area contributed by atoms with Gasteiger partial charge < -0.3 is 4.74 Å². The van der Waals surface area contributed by atoms with Crippen molar-refractivity contribution in [2.45, 2.75) is 25.6 Å². The molecule has 1 aromatic carbocycles. The second kappa shape index (κ2) is 6.41. The maximum Gasteiger partial charge on any atom is 0.339 e. The molecule has 90 valence electrons. The van der Waals surface area contributed by atoms with Gasteiger partial charge in [-0.1, -0.05) is 28.9 Å². The van der Waals surface area contributed by atoms with E-state index in [1.54, 1.807) is 13.0 Å². The van der Waals surface area contributed by atoms with E-state index in [4.69, 9.17) is 10.00 Å². The Morgan fingerprint density at radius 1 is 1.47 bits per heavy atom. The van der Waals surface area contributed by atoms with Crippen LogP contribution >= 0.6 is 15.9 Å². The highest BCUT2D eigenvalue weighted by Gasteiger charge is 2.16. The van der Waals surface area contributed by atoms with Crippen LogP contribution in [0.4, 0.5) is 0 Å². The molecule has 0 aliphatic heterocycles. The zero-order valence-electron chi connectivity index (χ0n) is 9.92. The Bertz CT molecular complexity index is 463. The van der Waals surface area contributed by atoms with Crippen molar-refractivity contribution in [3.8, 4) is 6.07 Å². The van der Waals surface area contributed by atoms with E-state index in [9.17, 15) is 4.79 Å². The average molecular weight is 296 g/mol. The lowest BCUT2D eigenvalue weighted by Crippen LogP contribution is -2.09. The van der Waals surface area contributed by atoms with Crippen molar-refractivity contribution >= 4 is 21.9 Å². The fourth-order valence-corrected chi connectivity index (χ4v) is 2.02. The van der Waals surface area contributed by atoms with Gasteiger partial charge in [0, 0.05) is 5.33 Å². The molecule has 0 unspecified atom stereocenters. The summed E-state index contributed by atoms with van der Waals surface area (Å²) in [5.41, 5.74) is 2.62. The van der Waals surface area contributed by atoms with Gasteiger partial charge in [-0.3, -0.25) is 0 Å². The Balaban J connectivity index is 3.35. The molecule has 0 heterocycles. The van der Waals surface area contributed by atoms with Crippen LogP contribution in [0.15, 0.2) is 12.1 Å². The number of hydrogen-bond acceptors (Lipinski definition) is 3. The van der Waals surface area contributed by atoms with Crippen molar-refractivity contribution in [1.82, 2.24) is 0 Å². The lowest BCUT2D eigenvalue weighted by Gasteiger charge is -2.09. The average Bonchev–Trinajstić information content (AvgIpc) is 2.37. The molecule has 1 aromatic rings. The summed E-state index contributed by atoms with van der Waals surface area (Å²) < 4.78 is 4.96. The number of carbonyl (C=O) groups excluding carboxylic acids is 1. The minimum atomic E-state index is -0.429. The quantitative estimate of drug-likeness (QED) is 0.633. The van der Waals surface area contributed by atoms with Crippen molar-refractivity contribution in [2.24, 2.45) is 0 Å². The van der Waals surface area contributed by atoms with Crippen LogP contribution in [-0.4, -0.2) is 12.6 Å². The van der Waals surface area contributed by atoms with Crippen LogP contribution in [0.25, 0.3) is 0 Å². The van der Waals surface area contributed by atoms with Gasteiger partial charge in [0.1, 0.15) is 6.07 Å². The molecule has 0 saturated heterocycles. The lowest BCUT2D eigenvalue weighted by atomic mass is 9.98. The molecule has 0 saturated carbocycles. The van der Waals surface area contributed by atoms with Gasteiger partial charge in [0.25, 0.3) is 0 Å². The van der Waals surface area contributed by atoms with Crippen LogP contribution in [0.3, 0.4) is 0 Å². The number of benzene rings is 1. The van der Waals surface area contributed by atoms with Gasteiger partial charge in [0.2, 0.25) is 0 Å². The molecule has 1 rings (SSSR count). The molecule has 0 aliphatic carbocycles. The third-order valence-corrected chi connectivity index (χ3v) is 3.04. The Morgan fingerprint density at radius 3 is 2.65 bits per heavy atom.